The molecular weight excluding hydrogens is 256 g/mol. The van der Waals surface area contributed by atoms with Gasteiger partial charge in [-0.25, -0.2) is 9.59 Å². The van der Waals surface area contributed by atoms with Crippen LogP contribution in [-0.4, -0.2) is 40.6 Å². The van der Waals surface area contributed by atoms with Gasteiger partial charge in [0.1, 0.15) is 5.54 Å². The fourth-order valence-electron chi connectivity index (χ4n) is 3.30. The number of carbonyl (C=O) groups excluding carboxylic acids is 1. The number of rotatable bonds is 2. The molecule has 0 aromatic carbocycles. The van der Waals surface area contributed by atoms with Crippen LogP contribution in [0.5, 0.6) is 0 Å². The molecule has 20 heavy (non-hydrogen) atoms. The number of hydrogen-bond donors (Lipinski definition) is 2. The van der Waals surface area contributed by atoms with Gasteiger partial charge in [-0.15, -0.1) is 0 Å². The topological polar surface area (TPSA) is 69.6 Å². The lowest BCUT2D eigenvalue weighted by Crippen LogP contribution is -2.58. The molecule has 5 heteroatoms. The van der Waals surface area contributed by atoms with Crippen molar-refractivity contribution in [3.8, 4) is 0 Å². The number of aliphatic carboxylic acids is 1. The van der Waals surface area contributed by atoms with Crippen LogP contribution in [0.25, 0.3) is 0 Å². The third kappa shape index (κ3) is 3.44. The lowest BCUT2D eigenvalue weighted by molar-refractivity contribution is -0.146. The minimum atomic E-state index is -1.03. The van der Waals surface area contributed by atoms with Crippen molar-refractivity contribution in [2.45, 2.75) is 63.8 Å². The summed E-state index contributed by atoms with van der Waals surface area (Å²) in [6.07, 6.45) is 7.09. The average Bonchev–Trinajstić information content (AvgIpc) is 2.64. The maximum atomic E-state index is 12.4. The molecule has 0 bridgehead atoms. The van der Waals surface area contributed by atoms with Gasteiger partial charge in [-0.05, 0) is 38.0 Å². The quantitative estimate of drug-likeness (QED) is 0.818. The molecule has 2 aliphatic rings. The molecule has 0 radical (unpaired) electrons. The van der Waals surface area contributed by atoms with Crippen molar-refractivity contribution in [2.75, 3.05) is 13.1 Å². The Kier molecular flexibility index (Phi) is 4.89. The molecule has 1 atom stereocenters. The summed E-state index contributed by atoms with van der Waals surface area (Å²) < 4.78 is 0. The molecule has 2 N–H and O–H groups in total. The predicted octanol–water partition coefficient (Wildman–Crippen LogP) is 2.61. The molecular formula is C15H26N2O3. The standard InChI is InChI=1S/C15H26N2O3/c1-12-6-5-10-17(11-7-12)14(20)16-15(13(18)19)8-3-2-4-9-15/h12H,2-11H2,1H3,(H,16,20)(H,18,19). The van der Waals surface area contributed by atoms with Crippen LogP contribution in [0, 0.1) is 5.92 Å². The highest BCUT2D eigenvalue weighted by molar-refractivity contribution is 5.86. The van der Waals surface area contributed by atoms with Crippen molar-refractivity contribution in [1.29, 1.82) is 0 Å². The summed E-state index contributed by atoms with van der Waals surface area (Å²) in [5.41, 5.74) is -1.03. The number of nitrogens with one attached hydrogen (secondary N) is 1. The molecule has 2 rings (SSSR count). The van der Waals surface area contributed by atoms with Crippen LogP contribution in [0.15, 0.2) is 0 Å². The second-order valence-electron chi connectivity index (χ2n) is 6.40. The van der Waals surface area contributed by atoms with E-state index in [9.17, 15) is 14.7 Å². The largest absolute Gasteiger partial charge is 0.480 e. The monoisotopic (exact) mass is 282 g/mol. The Hall–Kier alpha value is -1.26. The van der Waals surface area contributed by atoms with Crippen LogP contribution in [0.2, 0.25) is 0 Å². The van der Waals surface area contributed by atoms with Gasteiger partial charge in [0.25, 0.3) is 0 Å². The van der Waals surface area contributed by atoms with Gasteiger partial charge in [-0.1, -0.05) is 26.2 Å². The molecule has 1 unspecified atom stereocenters. The molecule has 1 aliphatic heterocycles. The predicted molar refractivity (Wildman–Crippen MR) is 76.6 cm³/mol. The first-order valence-corrected chi connectivity index (χ1v) is 7.84. The maximum Gasteiger partial charge on any atom is 0.329 e. The van der Waals surface area contributed by atoms with E-state index < -0.39 is 11.5 Å². The fourth-order valence-corrected chi connectivity index (χ4v) is 3.30. The summed E-state index contributed by atoms with van der Waals surface area (Å²) in [5.74, 6) is -0.232. The van der Waals surface area contributed by atoms with Gasteiger partial charge < -0.3 is 15.3 Å². The zero-order valence-electron chi connectivity index (χ0n) is 12.4. The Morgan fingerprint density at radius 3 is 2.45 bits per heavy atom. The first kappa shape index (κ1) is 15.1. The normalized spacial score (nSPS) is 26.6. The first-order chi connectivity index (χ1) is 9.53. The Bertz CT molecular complexity index is 364. The van der Waals surface area contributed by atoms with Crippen molar-refractivity contribution in [3.05, 3.63) is 0 Å². The smallest absolute Gasteiger partial charge is 0.329 e. The average molecular weight is 282 g/mol. The van der Waals surface area contributed by atoms with Crippen molar-refractivity contribution in [1.82, 2.24) is 10.2 Å². The second-order valence-corrected chi connectivity index (χ2v) is 6.40. The Morgan fingerprint density at radius 1 is 1.10 bits per heavy atom. The highest BCUT2D eigenvalue weighted by Gasteiger charge is 2.41. The van der Waals surface area contributed by atoms with Crippen LogP contribution in [0.4, 0.5) is 4.79 Å². The van der Waals surface area contributed by atoms with Gasteiger partial charge >= 0.3 is 12.0 Å². The SMILES string of the molecule is CC1CCCN(C(=O)NC2(C(=O)O)CCCCC2)CC1. The molecule has 114 valence electrons. The van der Waals surface area contributed by atoms with E-state index in [1.165, 1.54) is 0 Å². The first-order valence-electron chi connectivity index (χ1n) is 7.84. The van der Waals surface area contributed by atoms with Gasteiger partial charge in [0, 0.05) is 13.1 Å². The molecule has 1 saturated heterocycles. The van der Waals surface area contributed by atoms with E-state index in [1.54, 1.807) is 4.90 Å². The van der Waals surface area contributed by atoms with E-state index in [1.807, 2.05) is 0 Å². The third-order valence-electron chi connectivity index (χ3n) is 4.77. The summed E-state index contributed by atoms with van der Waals surface area (Å²) in [6, 6.07) is -0.191. The van der Waals surface area contributed by atoms with Gasteiger partial charge in [-0.3, -0.25) is 0 Å². The number of carboxylic acid groups (broad SMARTS) is 1. The van der Waals surface area contributed by atoms with Crippen LogP contribution >= 0.6 is 0 Å². The minimum Gasteiger partial charge on any atom is -0.480 e. The Labute approximate surface area is 120 Å². The van der Waals surface area contributed by atoms with E-state index in [2.05, 4.69) is 12.2 Å². The van der Waals surface area contributed by atoms with Crippen molar-refractivity contribution >= 4 is 12.0 Å². The van der Waals surface area contributed by atoms with E-state index in [0.717, 1.165) is 51.6 Å². The van der Waals surface area contributed by atoms with Crippen LogP contribution < -0.4 is 5.32 Å². The van der Waals surface area contributed by atoms with Crippen molar-refractivity contribution < 1.29 is 14.7 Å². The maximum absolute atomic E-state index is 12.4. The summed E-state index contributed by atoms with van der Waals surface area (Å²) in [6.45, 7) is 3.69. The lowest BCUT2D eigenvalue weighted by Gasteiger charge is -2.36. The highest BCUT2D eigenvalue weighted by Crippen LogP contribution is 2.29. The van der Waals surface area contributed by atoms with E-state index >= 15 is 0 Å². The zero-order chi connectivity index (χ0) is 14.6. The molecule has 0 aromatic heterocycles. The molecule has 1 heterocycles. The number of amides is 2. The molecule has 1 saturated carbocycles. The van der Waals surface area contributed by atoms with Crippen molar-refractivity contribution in [2.24, 2.45) is 5.92 Å². The second kappa shape index (κ2) is 6.46. The third-order valence-corrected chi connectivity index (χ3v) is 4.77. The van der Waals surface area contributed by atoms with Gasteiger partial charge in [0.05, 0.1) is 0 Å². The van der Waals surface area contributed by atoms with E-state index in [4.69, 9.17) is 0 Å². The van der Waals surface area contributed by atoms with Gasteiger partial charge in [0.2, 0.25) is 0 Å². The fraction of sp³-hybridized carbons (Fsp3) is 0.867. The molecule has 5 nitrogen and oxygen atoms in total. The summed E-state index contributed by atoms with van der Waals surface area (Å²) in [5, 5.41) is 12.3. The zero-order valence-corrected chi connectivity index (χ0v) is 12.4. The van der Waals surface area contributed by atoms with Crippen molar-refractivity contribution in [3.63, 3.8) is 0 Å². The Balaban J connectivity index is 1.99. The summed E-state index contributed by atoms with van der Waals surface area (Å²) in [7, 11) is 0. The molecule has 2 amide bonds. The Morgan fingerprint density at radius 2 is 1.80 bits per heavy atom. The van der Waals surface area contributed by atoms with Gasteiger partial charge in [0.15, 0.2) is 0 Å². The molecule has 0 aromatic rings. The van der Waals surface area contributed by atoms with Crippen LogP contribution in [0.1, 0.15) is 58.3 Å². The lowest BCUT2D eigenvalue weighted by atomic mass is 9.82. The van der Waals surface area contributed by atoms with Crippen LogP contribution in [0.3, 0.4) is 0 Å². The highest BCUT2D eigenvalue weighted by atomic mass is 16.4. The number of carbonyl (C=O) groups is 2. The molecule has 2 fully saturated rings. The number of likely N-dealkylation sites (tertiary alicyclic amines) is 1. The molecule has 0 spiro atoms. The summed E-state index contributed by atoms with van der Waals surface area (Å²) >= 11 is 0. The number of nitrogens with zero attached hydrogens (tertiary/aromatic N) is 1. The van der Waals surface area contributed by atoms with Crippen LogP contribution in [-0.2, 0) is 4.79 Å². The van der Waals surface area contributed by atoms with E-state index in [0.29, 0.717) is 18.8 Å². The number of carboxylic acids is 1. The minimum absolute atomic E-state index is 0.191. The van der Waals surface area contributed by atoms with E-state index in [-0.39, 0.29) is 6.03 Å². The number of hydrogen-bond acceptors (Lipinski definition) is 2. The number of urea groups is 1. The van der Waals surface area contributed by atoms with Gasteiger partial charge in [-0.2, -0.15) is 0 Å². The summed E-state index contributed by atoms with van der Waals surface area (Å²) in [4.78, 5) is 25.8. The molecule has 1 aliphatic carbocycles.